The molecule has 0 unspecified atom stereocenters. The van der Waals surface area contributed by atoms with E-state index in [1.165, 1.54) is 12.1 Å². The number of hydrogen-bond donors (Lipinski definition) is 0. The maximum absolute atomic E-state index is 12.6. The second kappa shape index (κ2) is 2.95. The van der Waals surface area contributed by atoms with Crippen LogP contribution in [-0.2, 0) is 16.6 Å². The molecule has 0 N–H and O–H groups in total. The molecule has 3 nitrogen and oxygen atoms in total. The van der Waals surface area contributed by atoms with E-state index in [2.05, 4.69) is 0 Å². The molecule has 0 bridgehead atoms. The van der Waals surface area contributed by atoms with E-state index in [0.717, 1.165) is 24.2 Å². The maximum atomic E-state index is 12.6. The lowest BCUT2D eigenvalue weighted by Crippen LogP contribution is -2.12. The van der Waals surface area contributed by atoms with Gasteiger partial charge in [0, 0.05) is 19.3 Å². The molecule has 1 aromatic carbocycles. The monoisotopic (exact) mass is 215 g/mol. The van der Waals surface area contributed by atoms with Gasteiger partial charge in [-0.3, -0.25) is 0 Å². The minimum atomic E-state index is -4.56. The van der Waals surface area contributed by atoms with E-state index in [1.54, 1.807) is 6.07 Å². The van der Waals surface area contributed by atoms with Crippen molar-refractivity contribution in [3.05, 3.63) is 23.8 Å². The van der Waals surface area contributed by atoms with Crippen molar-refractivity contribution < 1.29 is 12.3 Å². The molecule has 0 spiro atoms. The minimum Gasteiger partial charge on any atom is -0.374 e. The number of rotatable bonds is 1. The molecule has 0 amide bonds. The maximum Gasteiger partial charge on any atom is 0.332 e. The largest absolute Gasteiger partial charge is 0.374 e. The fourth-order valence-corrected chi connectivity index (χ4v) is 2.21. The number of anilines is 1. The van der Waals surface area contributed by atoms with Gasteiger partial charge in [-0.15, -0.1) is 3.89 Å². The van der Waals surface area contributed by atoms with E-state index in [9.17, 15) is 12.3 Å². The smallest absolute Gasteiger partial charge is 0.332 e. The summed E-state index contributed by atoms with van der Waals surface area (Å²) in [5.41, 5.74) is 1.88. The van der Waals surface area contributed by atoms with Crippen LogP contribution in [0.2, 0.25) is 0 Å². The van der Waals surface area contributed by atoms with Crippen molar-refractivity contribution in [2.45, 2.75) is 11.3 Å². The highest BCUT2D eigenvalue weighted by atomic mass is 32.3. The molecule has 1 aromatic rings. The highest BCUT2D eigenvalue weighted by molar-refractivity contribution is 7.86. The van der Waals surface area contributed by atoms with Crippen molar-refractivity contribution in [3.8, 4) is 0 Å². The molecule has 1 heterocycles. The van der Waals surface area contributed by atoms with Crippen molar-refractivity contribution in [3.63, 3.8) is 0 Å². The summed E-state index contributed by atoms with van der Waals surface area (Å²) < 4.78 is 33.9. The molecule has 0 saturated heterocycles. The van der Waals surface area contributed by atoms with Crippen molar-refractivity contribution in [2.24, 2.45) is 0 Å². The molecule has 0 aliphatic carbocycles. The number of benzene rings is 1. The second-order valence-electron chi connectivity index (χ2n) is 3.40. The Kier molecular flexibility index (Phi) is 1.99. The van der Waals surface area contributed by atoms with Gasteiger partial charge in [0.05, 0.1) is 4.90 Å². The summed E-state index contributed by atoms with van der Waals surface area (Å²) in [5.74, 6) is 0. The van der Waals surface area contributed by atoms with E-state index in [0.29, 0.717) is 0 Å². The standard InChI is InChI=1S/C9H10FNO2S/c1-11-5-4-7-6-8(14(10,12)13)2-3-9(7)11/h2-3,6H,4-5H2,1H3. The summed E-state index contributed by atoms with van der Waals surface area (Å²) in [6.07, 6.45) is 0.773. The van der Waals surface area contributed by atoms with Crippen molar-refractivity contribution >= 4 is 15.9 Å². The van der Waals surface area contributed by atoms with Gasteiger partial charge < -0.3 is 4.90 Å². The molecule has 0 saturated carbocycles. The highest BCUT2D eigenvalue weighted by Crippen LogP contribution is 2.29. The fraction of sp³-hybridized carbons (Fsp3) is 0.333. The van der Waals surface area contributed by atoms with Crippen LogP contribution in [0.4, 0.5) is 9.57 Å². The van der Waals surface area contributed by atoms with Crippen LogP contribution in [0.3, 0.4) is 0 Å². The van der Waals surface area contributed by atoms with Gasteiger partial charge in [0.2, 0.25) is 0 Å². The SMILES string of the molecule is CN1CCc2cc(S(=O)(=O)F)ccc21. The van der Waals surface area contributed by atoms with Gasteiger partial charge in [-0.05, 0) is 30.2 Å². The summed E-state index contributed by atoms with van der Waals surface area (Å²) in [7, 11) is -2.63. The third kappa shape index (κ3) is 1.48. The van der Waals surface area contributed by atoms with E-state index in [1.807, 2.05) is 11.9 Å². The average molecular weight is 215 g/mol. The van der Waals surface area contributed by atoms with Gasteiger partial charge >= 0.3 is 10.2 Å². The topological polar surface area (TPSA) is 37.4 Å². The van der Waals surface area contributed by atoms with Gasteiger partial charge in [0.15, 0.2) is 0 Å². The molecule has 1 aliphatic heterocycles. The average Bonchev–Trinajstić information content (AvgIpc) is 2.46. The summed E-state index contributed by atoms with van der Waals surface area (Å²) in [6.45, 7) is 0.852. The van der Waals surface area contributed by atoms with Gasteiger partial charge in [-0.2, -0.15) is 8.42 Å². The van der Waals surface area contributed by atoms with Crippen LogP contribution in [0.1, 0.15) is 5.56 Å². The predicted molar refractivity (Wildman–Crippen MR) is 51.7 cm³/mol. The number of hydrogen-bond acceptors (Lipinski definition) is 3. The summed E-state index contributed by atoms with van der Waals surface area (Å²) in [5, 5.41) is 0. The molecule has 0 atom stereocenters. The molecule has 0 aromatic heterocycles. The zero-order valence-corrected chi connectivity index (χ0v) is 8.51. The van der Waals surface area contributed by atoms with Crippen LogP contribution in [0, 0.1) is 0 Å². The third-order valence-corrected chi connectivity index (χ3v) is 3.28. The molecular formula is C9H10FNO2S. The lowest BCUT2D eigenvalue weighted by Gasteiger charge is -2.11. The first-order valence-corrected chi connectivity index (χ1v) is 5.65. The summed E-state index contributed by atoms with van der Waals surface area (Å²) in [4.78, 5) is 1.77. The zero-order valence-electron chi connectivity index (χ0n) is 7.70. The fourth-order valence-electron chi connectivity index (χ4n) is 1.69. The Hall–Kier alpha value is -1.10. The van der Waals surface area contributed by atoms with E-state index in [-0.39, 0.29) is 4.90 Å². The Balaban J connectivity index is 2.53. The minimum absolute atomic E-state index is 0.244. The lowest BCUT2D eigenvalue weighted by atomic mass is 10.2. The van der Waals surface area contributed by atoms with Gasteiger partial charge in [-0.1, -0.05) is 0 Å². The van der Waals surface area contributed by atoms with Crippen molar-refractivity contribution in [1.82, 2.24) is 0 Å². The first-order valence-electron chi connectivity index (χ1n) is 4.27. The van der Waals surface area contributed by atoms with Crippen LogP contribution in [0.5, 0.6) is 0 Å². The molecule has 1 aliphatic rings. The van der Waals surface area contributed by atoms with Crippen LogP contribution in [0.25, 0.3) is 0 Å². The van der Waals surface area contributed by atoms with Crippen LogP contribution < -0.4 is 4.90 Å². The Labute approximate surface area is 82.4 Å². The van der Waals surface area contributed by atoms with Crippen molar-refractivity contribution in [1.29, 1.82) is 0 Å². The number of nitrogens with zero attached hydrogens (tertiary/aromatic N) is 1. The third-order valence-electron chi connectivity index (χ3n) is 2.46. The Morgan fingerprint density at radius 3 is 2.79 bits per heavy atom. The zero-order chi connectivity index (χ0) is 10.3. The molecular weight excluding hydrogens is 205 g/mol. The van der Waals surface area contributed by atoms with E-state index >= 15 is 0 Å². The summed E-state index contributed by atoms with van der Waals surface area (Å²) >= 11 is 0. The summed E-state index contributed by atoms with van der Waals surface area (Å²) in [6, 6.07) is 4.36. The molecule has 5 heteroatoms. The second-order valence-corrected chi connectivity index (χ2v) is 4.75. The molecule has 0 radical (unpaired) electrons. The quantitative estimate of drug-likeness (QED) is 0.663. The van der Waals surface area contributed by atoms with Gasteiger partial charge in [0.25, 0.3) is 0 Å². The van der Waals surface area contributed by atoms with Crippen LogP contribution in [0.15, 0.2) is 23.1 Å². The molecule has 76 valence electrons. The number of likely N-dealkylation sites (N-methyl/N-ethyl adjacent to an activating group) is 1. The Bertz CT molecular complexity index is 470. The van der Waals surface area contributed by atoms with Crippen LogP contribution >= 0.6 is 0 Å². The first kappa shape index (κ1) is 9.45. The lowest BCUT2D eigenvalue weighted by molar-refractivity contribution is 0.552. The highest BCUT2D eigenvalue weighted by Gasteiger charge is 2.19. The Morgan fingerprint density at radius 2 is 2.14 bits per heavy atom. The predicted octanol–water partition coefficient (Wildman–Crippen LogP) is 1.34. The Morgan fingerprint density at radius 1 is 1.43 bits per heavy atom. The molecule has 0 fully saturated rings. The number of halogens is 1. The molecule has 14 heavy (non-hydrogen) atoms. The van der Waals surface area contributed by atoms with Crippen molar-refractivity contribution in [2.75, 3.05) is 18.5 Å². The van der Waals surface area contributed by atoms with Gasteiger partial charge in [-0.25, -0.2) is 0 Å². The molecule has 2 rings (SSSR count). The van der Waals surface area contributed by atoms with Crippen LogP contribution in [-0.4, -0.2) is 22.0 Å². The van der Waals surface area contributed by atoms with E-state index in [4.69, 9.17) is 0 Å². The normalized spacial score (nSPS) is 15.7. The van der Waals surface area contributed by atoms with E-state index < -0.39 is 10.2 Å². The first-order chi connectivity index (χ1) is 6.48. The van der Waals surface area contributed by atoms with Gasteiger partial charge in [0.1, 0.15) is 0 Å². The number of fused-ring (bicyclic) bond motifs is 1.